The van der Waals surface area contributed by atoms with E-state index in [1.54, 1.807) is 18.2 Å². The van der Waals surface area contributed by atoms with E-state index in [0.717, 1.165) is 16.6 Å². The van der Waals surface area contributed by atoms with Crippen LogP contribution in [0.5, 0.6) is 5.75 Å². The Labute approximate surface area is 166 Å². The quantitative estimate of drug-likeness (QED) is 0.579. The largest absolute Gasteiger partial charge is 0.506 e. The van der Waals surface area contributed by atoms with Gasteiger partial charge >= 0.3 is 0 Å². The molecule has 0 spiro atoms. The van der Waals surface area contributed by atoms with E-state index in [1.807, 2.05) is 24.3 Å². The van der Waals surface area contributed by atoms with Crippen LogP contribution in [0.2, 0.25) is 0 Å². The molecule has 1 saturated heterocycles. The summed E-state index contributed by atoms with van der Waals surface area (Å²) in [5, 5.41) is 13.4. The molecule has 2 aromatic carbocycles. The molecule has 2 N–H and O–H groups in total. The van der Waals surface area contributed by atoms with E-state index in [4.69, 9.17) is 0 Å². The highest BCUT2D eigenvalue weighted by Gasteiger charge is 2.24. The Bertz CT molecular complexity index is 893. The molecule has 0 saturated carbocycles. The maximum atomic E-state index is 12.2. The molecule has 0 aliphatic carbocycles. The van der Waals surface area contributed by atoms with Crippen molar-refractivity contribution >= 4 is 66.5 Å². The second-order valence-corrected chi connectivity index (χ2v) is 8.13. The molecule has 0 aromatic heterocycles. The molecule has 128 valence electrons. The van der Waals surface area contributed by atoms with Crippen molar-refractivity contribution in [3.8, 4) is 5.75 Å². The first-order chi connectivity index (χ1) is 12.0. The molecule has 7 heteroatoms. The zero-order valence-electron chi connectivity index (χ0n) is 13.2. The average Bonchev–Trinajstić information content (AvgIpc) is 2.92. The number of amidine groups is 1. The summed E-state index contributed by atoms with van der Waals surface area (Å²) < 4.78 is 1.36. The number of carbonyl (C=O) groups excluding carboxylic acids is 1. The second kappa shape index (κ2) is 7.76. The van der Waals surface area contributed by atoms with Crippen molar-refractivity contribution in [2.24, 2.45) is 4.99 Å². The van der Waals surface area contributed by atoms with Crippen molar-refractivity contribution < 1.29 is 9.90 Å². The lowest BCUT2D eigenvalue weighted by atomic mass is 10.2. The van der Waals surface area contributed by atoms with Crippen LogP contribution in [0, 0.1) is 0 Å². The molecule has 1 aliphatic rings. The Balaban J connectivity index is 1.86. The van der Waals surface area contributed by atoms with Crippen LogP contribution in [0.3, 0.4) is 0 Å². The van der Waals surface area contributed by atoms with Gasteiger partial charge in [0.25, 0.3) is 5.91 Å². The number of benzene rings is 2. The Kier molecular flexibility index (Phi) is 5.66. The number of thioether (sulfide) groups is 1. The molecule has 0 bridgehead atoms. The first kappa shape index (κ1) is 18.2. The number of hydrogen-bond donors (Lipinski definition) is 2. The molecule has 4 nitrogen and oxygen atoms in total. The van der Waals surface area contributed by atoms with Crippen LogP contribution in [-0.4, -0.2) is 16.2 Å². The van der Waals surface area contributed by atoms with E-state index in [1.165, 1.54) is 17.3 Å². The van der Waals surface area contributed by atoms with Gasteiger partial charge in [-0.1, -0.05) is 35.0 Å². The van der Waals surface area contributed by atoms with Gasteiger partial charge in [0.05, 0.1) is 15.1 Å². The molecule has 0 unspecified atom stereocenters. The number of phenolic OH excluding ortho intramolecular Hbond substituents is 1. The number of phenols is 1. The van der Waals surface area contributed by atoms with Gasteiger partial charge in [0.15, 0.2) is 5.17 Å². The third kappa shape index (κ3) is 4.34. The maximum Gasteiger partial charge on any atom is 0.264 e. The van der Waals surface area contributed by atoms with E-state index >= 15 is 0 Å². The van der Waals surface area contributed by atoms with E-state index in [-0.39, 0.29) is 11.7 Å². The summed E-state index contributed by atoms with van der Waals surface area (Å²) in [5.41, 5.74) is 2.57. The first-order valence-corrected chi connectivity index (χ1v) is 9.93. The van der Waals surface area contributed by atoms with Gasteiger partial charge in [-0.05, 0) is 70.0 Å². The highest BCUT2D eigenvalue weighted by atomic mass is 79.9. The molecular formula is C18H14Br2N2O2S. The number of rotatable bonds is 3. The molecule has 1 heterocycles. The molecular weight excluding hydrogens is 468 g/mol. The number of aromatic hydroxyl groups is 1. The molecule has 2 aromatic rings. The topological polar surface area (TPSA) is 61.7 Å². The molecule has 1 fully saturated rings. The second-order valence-electron chi connectivity index (χ2n) is 5.33. The molecule has 0 radical (unpaired) electrons. The molecule has 1 aliphatic heterocycles. The lowest BCUT2D eigenvalue weighted by Crippen LogP contribution is -2.19. The van der Waals surface area contributed by atoms with Gasteiger partial charge in [0.2, 0.25) is 0 Å². The number of aryl methyl sites for hydroxylation is 1. The predicted octanol–water partition coefficient (Wildman–Crippen LogP) is 5.37. The number of aliphatic imine (C=N–C) groups is 1. The van der Waals surface area contributed by atoms with Crippen LogP contribution in [0.15, 0.2) is 55.2 Å². The van der Waals surface area contributed by atoms with Gasteiger partial charge in [0.1, 0.15) is 5.75 Å². The van der Waals surface area contributed by atoms with Crippen molar-refractivity contribution in [3.63, 3.8) is 0 Å². The van der Waals surface area contributed by atoms with E-state index in [9.17, 15) is 9.90 Å². The van der Waals surface area contributed by atoms with Gasteiger partial charge in [-0.3, -0.25) is 4.79 Å². The molecule has 0 atom stereocenters. The Morgan fingerprint density at radius 2 is 1.96 bits per heavy atom. The normalized spacial score (nSPS) is 17.3. The minimum Gasteiger partial charge on any atom is -0.506 e. The summed E-state index contributed by atoms with van der Waals surface area (Å²) in [6, 6.07) is 11.4. The van der Waals surface area contributed by atoms with Crippen LogP contribution >= 0.6 is 43.6 Å². The van der Waals surface area contributed by atoms with Crippen molar-refractivity contribution in [1.29, 1.82) is 0 Å². The SMILES string of the molecule is CCc1ccc(N=C2NC(=O)/C(=C/c3cc(Br)cc(Br)c3O)S2)cc1. The maximum absolute atomic E-state index is 12.2. The van der Waals surface area contributed by atoms with Crippen molar-refractivity contribution in [2.45, 2.75) is 13.3 Å². The fourth-order valence-corrected chi connectivity index (χ4v) is 4.33. The minimum atomic E-state index is -0.232. The van der Waals surface area contributed by atoms with Crippen molar-refractivity contribution in [1.82, 2.24) is 5.32 Å². The summed E-state index contributed by atoms with van der Waals surface area (Å²) in [5.74, 6) is -0.144. The zero-order valence-corrected chi connectivity index (χ0v) is 17.2. The molecule has 3 rings (SSSR count). The van der Waals surface area contributed by atoms with E-state index < -0.39 is 0 Å². The predicted molar refractivity (Wildman–Crippen MR) is 110 cm³/mol. The molecule has 1 amide bonds. The third-order valence-corrected chi connectivity index (χ3v) is 5.54. The fraction of sp³-hybridized carbons (Fsp3) is 0.111. The minimum absolute atomic E-state index is 0.0876. The number of hydrogen-bond acceptors (Lipinski definition) is 4. The summed E-state index contributed by atoms with van der Waals surface area (Å²) in [4.78, 5) is 17.1. The molecule has 25 heavy (non-hydrogen) atoms. The third-order valence-electron chi connectivity index (χ3n) is 3.57. The van der Waals surface area contributed by atoms with Crippen LogP contribution in [-0.2, 0) is 11.2 Å². The van der Waals surface area contributed by atoms with Crippen LogP contribution in [0.4, 0.5) is 5.69 Å². The first-order valence-electron chi connectivity index (χ1n) is 7.53. The Morgan fingerprint density at radius 1 is 1.24 bits per heavy atom. The van der Waals surface area contributed by atoms with Gasteiger partial charge in [-0.15, -0.1) is 0 Å². The highest BCUT2D eigenvalue weighted by Crippen LogP contribution is 2.35. The van der Waals surface area contributed by atoms with Gasteiger partial charge < -0.3 is 10.4 Å². The summed E-state index contributed by atoms with van der Waals surface area (Å²) in [7, 11) is 0. The monoisotopic (exact) mass is 480 g/mol. The smallest absolute Gasteiger partial charge is 0.264 e. The van der Waals surface area contributed by atoms with Crippen molar-refractivity contribution in [3.05, 3.63) is 61.4 Å². The number of carbonyl (C=O) groups is 1. The van der Waals surface area contributed by atoms with E-state index in [0.29, 0.717) is 20.1 Å². The number of nitrogens with one attached hydrogen (secondary N) is 1. The fourth-order valence-electron chi connectivity index (χ4n) is 2.24. The van der Waals surface area contributed by atoms with Crippen LogP contribution in [0.25, 0.3) is 6.08 Å². The van der Waals surface area contributed by atoms with Crippen LogP contribution < -0.4 is 5.32 Å². The lowest BCUT2D eigenvalue weighted by Gasteiger charge is -2.03. The number of amides is 1. The van der Waals surface area contributed by atoms with Gasteiger partial charge in [0, 0.05) is 10.0 Å². The number of halogens is 2. The van der Waals surface area contributed by atoms with Gasteiger partial charge in [-0.2, -0.15) is 0 Å². The van der Waals surface area contributed by atoms with Crippen LogP contribution in [0.1, 0.15) is 18.1 Å². The van der Waals surface area contributed by atoms with Crippen molar-refractivity contribution in [2.75, 3.05) is 0 Å². The summed E-state index contributed by atoms with van der Waals surface area (Å²) >= 11 is 7.91. The highest BCUT2D eigenvalue weighted by molar-refractivity contribution is 9.11. The summed E-state index contributed by atoms with van der Waals surface area (Å²) in [6.07, 6.45) is 2.62. The lowest BCUT2D eigenvalue weighted by molar-refractivity contribution is -0.115. The summed E-state index contributed by atoms with van der Waals surface area (Å²) in [6.45, 7) is 2.10. The Morgan fingerprint density at radius 3 is 2.64 bits per heavy atom. The Hall–Kier alpha value is -1.57. The standard InChI is InChI=1S/C18H14Br2N2O2S/c1-2-10-3-5-13(6-4-10)21-18-22-17(24)15(25-18)8-11-7-12(19)9-14(20)16(11)23/h3-9,23H,2H2,1H3,(H,21,22,24)/b15-8-. The number of nitrogens with zero attached hydrogens (tertiary/aromatic N) is 1. The van der Waals surface area contributed by atoms with E-state index in [2.05, 4.69) is 49.1 Å². The average molecular weight is 482 g/mol. The zero-order chi connectivity index (χ0) is 18.0. The van der Waals surface area contributed by atoms with Gasteiger partial charge in [-0.25, -0.2) is 4.99 Å².